The molecule has 0 aliphatic heterocycles. The van der Waals surface area contributed by atoms with E-state index in [1.807, 2.05) is 39.0 Å². The largest absolute Gasteiger partial charge is 0.496 e. The number of carbonyl (C=O) groups is 2. The van der Waals surface area contributed by atoms with Crippen molar-refractivity contribution in [1.29, 1.82) is 0 Å². The van der Waals surface area contributed by atoms with Gasteiger partial charge in [-0.1, -0.05) is 13.8 Å². The molecule has 2 N–H and O–H groups in total. The summed E-state index contributed by atoms with van der Waals surface area (Å²) in [4.78, 5) is 23.9. The number of nitrogens with zero attached hydrogens (tertiary/aromatic N) is 1. The van der Waals surface area contributed by atoms with Crippen molar-refractivity contribution in [3.05, 3.63) is 59.2 Å². The van der Waals surface area contributed by atoms with Gasteiger partial charge < -0.3 is 10.1 Å². The monoisotopic (exact) mass is 367 g/mol. The van der Waals surface area contributed by atoms with E-state index in [-0.39, 0.29) is 11.8 Å². The predicted molar refractivity (Wildman–Crippen MR) is 107 cm³/mol. The smallest absolute Gasteiger partial charge is 0.271 e. The molecule has 0 aliphatic rings. The van der Waals surface area contributed by atoms with Gasteiger partial charge in [-0.05, 0) is 66.4 Å². The first-order chi connectivity index (χ1) is 12.9. The molecule has 0 saturated heterocycles. The van der Waals surface area contributed by atoms with E-state index >= 15 is 0 Å². The number of benzene rings is 2. The third-order valence-electron chi connectivity index (χ3n) is 3.82. The Hall–Kier alpha value is -3.15. The number of amides is 2. The fourth-order valence-electron chi connectivity index (χ4n) is 2.50. The van der Waals surface area contributed by atoms with E-state index in [0.29, 0.717) is 23.6 Å². The van der Waals surface area contributed by atoms with Crippen LogP contribution in [0.1, 0.15) is 41.8 Å². The molecule has 2 aromatic rings. The molecule has 0 atom stereocenters. The van der Waals surface area contributed by atoms with Gasteiger partial charge >= 0.3 is 0 Å². The van der Waals surface area contributed by atoms with Crippen molar-refractivity contribution in [2.45, 2.75) is 27.2 Å². The summed E-state index contributed by atoms with van der Waals surface area (Å²) in [6, 6.07) is 12.3. The molecule has 0 radical (unpaired) electrons. The highest BCUT2D eigenvalue weighted by Gasteiger charge is 2.07. The van der Waals surface area contributed by atoms with Crippen LogP contribution in [0.4, 0.5) is 5.69 Å². The summed E-state index contributed by atoms with van der Waals surface area (Å²) in [6.45, 7) is 5.91. The van der Waals surface area contributed by atoms with Crippen molar-refractivity contribution < 1.29 is 14.3 Å². The Labute approximate surface area is 159 Å². The molecule has 27 heavy (non-hydrogen) atoms. The Morgan fingerprint density at radius 1 is 1.15 bits per heavy atom. The lowest BCUT2D eigenvalue weighted by molar-refractivity contribution is -0.116. The third kappa shape index (κ3) is 6.26. The zero-order chi connectivity index (χ0) is 19.8. The molecule has 2 amide bonds. The molecule has 0 spiro atoms. The lowest BCUT2D eigenvalue weighted by Crippen LogP contribution is -2.18. The molecule has 0 saturated carbocycles. The summed E-state index contributed by atoms with van der Waals surface area (Å²) in [6.07, 6.45) is 2.03. The second kappa shape index (κ2) is 9.52. The van der Waals surface area contributed by atoms with Crippen molar-refractivity contribution in [2.75, 3.05) is 12.4 Å². The van der Waals surface area contributed by atoms with Crippen LogP contribution in [0.5, 0.6) is 5.75 Å². The molecule has 0 heterocycles. The van der Waals surface area contributed by atoms with Gasteiger partial charge in [0, 0.05) is 17.7 Å². The van der Waals surface area contributed by atoms with Crippen molar-refractivity contribution in [1.82, 2.24) is 5.43 Å². The SMILES string of the molecule is COc1ccc(/C=N/NC(=O)c2ccc(NC(=O)CC(C)C)cc2)cc1C. The Morgan fingerprint density at radius 3 is 2.44 bits per heavy atom. The average molecular weight is 367 g/mol. The minimum absolute atomic E-state index is 0.0402. The summed E-state index contributed by atoms with van der Waals surface area (Å²) in [5, 5.41) is 6.79. The Bertz CT molecular complexity index is 827. The first kappa shape index (κ1) is 20.2. The van der Waals surface area contributed by atoms with Crippen LogP contribution in [0, 0.1) is 12.8 Å². The van der Waals surface area contributed by atoms with E-state index in [1.54, 1.807) is 37.6 Å². The van der Waals surface area contributed by atoms with Crippen LogP contribution < -0.4 is 15.5 Å². The van der Waals surface area contributed by atoms with Crippen LogP contribution in [0.15, 0.2) is 47.6 Å². The fourth-order valence-corrected chi connectivity index (χ4v) is 2.50. The van der Waals surface area contributed by atoms with Gasteiger partial charge in [-0.15, -0.1) is 0 Å². The van der Waals surface area contributed by atoms with E-state index in [2.05, 4.69) is 15.8 Å². The first-order valence-corrected chi connectivity index (χ1v) is 8.77. The number of nitrogens with one attached hydrogen (secondary N) is 2. The van der Waals surface area contributed by atoms with Gasteiger partial charge in [-0.2, -0.15) is 5.10 Å². The number of hydrogen-bond donors (Lipinski definition) is 2. The van der Waals surface area contributed by atoms with Gasteiger partial charge in [0.1, 0.15) is 5.75 Å². The zero-order valence-electron chi connectivity index (χ0n) is 16.1. The van der Waals surface area contributed by atoms with Gasteiger partial charge in [0.2, 0.25) is 5.91 Å². The van der Waals surface area contributed by atoms with Crippen LogP contribution in [0.25, 0.3) is 0 Å². The van der Waals surface area contributed by atoms with Crippen LogP contribution in [0.3, 0.4) is 0 Å². The van der Waals surface area contributed by atoms with E-state index < -0.39 is 0 Å². The second-order valence-electron chi connectivity index (χ2n) is 6.65. The number of rotatable bonds is 7. The number of carbonyl (C=O) groups excluding carboxylic acids is 2. The fraction of sp³-hybridized carbons (Fsp3) is 0.286. The van der Waals surface area contributed by atoms with Gasteiger partial charge in [0.05, 0.1) is 13.3 Å². The van der Waals surface area contributed by atoms with Crippen molar-refractivity contribution >= 4 is 23.7 Å². The molecular formula is C21H25N3O3. The van der Waals surface area contributed by atoms with Crippen molar-refractivity contribution in [3.63, 3.8) is 0 Å². The maximum atomic E-state index is 12.1. The lowest BCUT2D eigenvalue weighted by Gasteiger charge is -2.07. The van der Waals surface area contributed by atoms with Crippen LogP contribution >= 0.6 is 0 Å². The van der Waals surface area contributed by atoms with Gasteiger partial charge in [-0.3, -0.25) is 9.59 Å². The molecule has 6 nitrogen and oxygen atoms in total. The normalized spacial score (nSPS) is 10.9. The highest BCUT2D eigenvalue weighted by atomic mass is 16.5. The molecule has 0 bridgehead atoms. The summed E-state index contributed by atoms with van der Waals surface area (Å²) >= 11 is 0. The highest BCUT2D eigenvalue weighted by Crippen LogP contribution is 2.17. The second-order valence-corrected chi connectivity index (χ2v) is 6.65. The minimum atomic E-state index is -0.323. The molecule has 0 aromatic heterocycles. The zero-order valence-corrected chi connectivity index (χ0v) is 16.1. The molecular weight excluding hydrogens is 342 g/mol. The molecule has 0 aliphatic carbocycles. The van der Waals surface area contributed by atoms with Gasteiger partial charge in [0.25, 0.3) is 5.91 Å². The maximum absolute atomic E-state index is 12.1. The average Bonchev–Trinajstić information content (AvgIpc) is 2.61. The molecule has 142 valence electrons. The first-order valence-electron chi connectivity index (χ1n) is 8.77. The summed E-state index contributed by atoms with van der Waals surface area (Å²) < 4.78 is 5.21. The Balaban J connectivity index is 1.92. The molecule has 6 heteroatoms. The Morgan fingerprint density at radius 2 is 1.85 bits per heavy atom. The van der Waals surface area contributed by atoms with Crippen LogP contribution in [-0.4, -0.2) is 25.1 Å². The molecule has 0 fully saturated rings. The number of ether oxygens (including phenoxy) is 1. The van der Waals surface area contributed by atoms with Gasteiger partial charge in [0.15, 0.2) is 0 Å². The van der Waals surface area contributed by atoms with Crippen molar-refractivity contribution in [3.8, 4) is 5.75 Å². The lowest BCUT2D eigenvalue weighted by atomic mass is 10.1. The van der Waals surface area contributed by atoms with E-state index in [0.717, 1.165) is 16.9 Å². The van der Waals surface area contributed by atoms with Gasteiger partial charge in [-0.25, -0.2) is 5.43 Å². The molecule has 2 rings (SSSR count). The molecule has 2 aromatic carbocycles. The Kier molecular flexibility index (Phi) is 7.11. The van der Waals surface area contributed by atoms with Crippen molar-refractivity contribution in [2.24, 2.45) is 11.0 Å². The van der Waals surface area contributed by atoms with E-state index in [9.17, 15) is 9.59 Å². The van der Waals surface area contributed by atoms with E-state index in [1.165, 1.54) is 0 Å². The predicted octanol–water partition coefficient (Wildman–Crippen LogP) is 3.75. The number of anilines is 1. The van der Waals surface area contributed by atoms with E-state index in [4.69, 9.17) is 4.74 Å². The minimum Gasteiger partial charge on any atom is -0.496 e. The highest BCUT2D eigenvalue weighted by molar-refractivity contribution is 5.96. The van der Waals surface area contributed by atoms with Crippen LogP contribution in [0.2, 0.25) is 0 Å². The topological polar surface area (TPSA) is 79.8 Å². The molecule has 0 unspecified atom stereocenters. The van der Waals surface area contributed by atoms with Crippen LogP contribution in [-0.2, 0) is 4.79 Å². The number of aryl methyl sites for hydroxylation is 1. The summed E-state index contributed by atoms with van der Waals surface area (Å²) in [7, 11) is 1.62. The quantitative estimate of drug-likeness (QED) is 0.578. The third-order valence-corrected chi connectivity index (χ3v) is 3.82. The maximum Gasteiger partial charge on any atom is 0.271 e. The summed E-state index contributed by atoms with van der Waals surface area (Å²) in [5.74, 6) is 0.734. The summed E-state index contributed by atoms with van der Waals surface area (Å²) in [5.41, 5.74) is 5.46. The standard InChI is InChI=1S/C21H25N3O3/c1-14(2)11-20(25)23-18-8-6-17(7-9-18)21(26)24-22-13-16-5-10-19(27-4)15(3)12-16/h5-10,12-14H,11H2,1-4H3,(H,23,25)(H,24,26)/b22-13+. The number of methoxy groups -OCH3 is 1. The number of hydrogen-bond acceptors (Lipinski definition) is 4. The number of hydrazone groups is 1.